The van der Waals surface area contributed by atoms with Crippen LogP contribution in [0.25, 0.3) is 0 Å². The molecule has 8 heteroatoms. The van der Waals surface area contributed by atoms with E-state index in [4.69, 9.17) is 11.6 Å². The van der Waals surface area contributed by atoms with Gasteiger partial charge < -0.3 is 5.32 Å². The van der Waals surface area contributed by atoms with Crippen molar-refractivity contribution in [2.75, 3.05) is 19.3 Å². The molecule has 0 saturated carbocycles. The average Bonchev–Trinajstić information content (AvgIpc) is 2.49. The Kier molecular flexibility index (Phi) is 4.94. The third-order valence-corrected chi connectivity index (χ3v) is 3.31. The molecule has 1 heterocycles. The Labute approximate surface area is 97.9 Å². The van der Waals surface area contributed by atoms with Crippen LogP contribution in [0.5, 0.6) is 0 Å². The third-order valence-electron chi connectivity index (χ3n) is 1.47. The molecule has 0 unspecified atom stereocenters. The SMILES string of the molecule is CS(=O)(=O)NCCNCc1ncc(Cl)s1. The first-order valence-electron chi connectivity index (χ1n) is 4.23. The van der Waals surface area contributed by atoms with Gasteiger partial charge in [0, 0.05) is 19.6 Å². The Morgan fingerprint density at radius 2 is 2.27 bits per heavy atom. The van der Waals surface area contributed by atoms with Gasteiger partial charge in [-0.05, 0) is 0 Å². The van der Waals surface area contributed by atoms with E-state index in [1.807, 2.05) is 0 Å². The van der Waals surface area contributed by atoms with E-state index < -0.39 is 10.0 Å². The van der Waals surface area contributed by atoms with Crippen LogP contribution in [0.4, 0.5) is 0 Å². The van der Waals surface area contributed by atoms with Crippen molar-refractivity contribution in [3.8, 4) is 0 Å². The Hall–Kier alpha value is -0.210. The van der Waals surface area contributed by atoms with Crippen molar-refractivity contribution >= 4 is 33.0 Å². The molecule has 1 rings (SSSR count). The predicted octanol–water partition coefficient (Wildman–Crippen LogP) is 0.435. The molecule has 0 fully saturated rings. The zero-order valence-electron chi connectivity index (χ0n) is 8.16. The summed E-state index contributed by atoms with van der Waals surface area (Å²) in [5.74, 6) is 0. The molecule has 5 nitrogen and oxygen atoms in total. The van der Waals surface area contributed by atoms with Gasteiger partial charge in [-0.3, -0.25) is 0 Å². The minimum absolute atomic E-state index is 0.373. The van der Waals surface area contributed by atoms with E-state index in [1.54, 1.807) is 6.20 Å². The van der Waals surface area contributed by atoms with Crippen LogP contribution in [0.3, 0.4) is 0 Å². The van der Waals surface area contributed by atoms with Crippen LogP contribution in [-0.2, 0) is 16.6 Å². The molecule has 0 spiro atoms. The lowest BCUT2D eigenvalue weighted by Crippen LogP contribution is -2.30. The van der Waals surface area contributed by atoms with Gasteiger partial charge in [0.05, 0.1) is 12.5 Å². The van der Waals surface area contributed by atoms with E-state index in [9.17, 15) is 8.42 Å². The van der Waals surface area contributed by atoms with E-state index in [0.29, 0.717) is 24.0 Å². The third kappa shape index (κ3) is 6.06. The summed E-state index contributed by atoms with van der Waals surface area (Å²) in [5, 5.41) is 3.94. The highest BCUT2D eigenvalue weighted by Gasteiger charge is 2.00. The summed E-state index contributed by atoms with van der Waals surface area (Å²) in [4.78, 5) is 4.05. The Morgan fingerprint density at radius 1 is 1.53 bits per heavy atom. The van der Waals surface area contributed by atoms with Crippen molar-refractivity contribution in [2.24, 2.45) is 0 Å². The fourth-order valence-electron chi connectivity index (χ4n) is 0.890. The fourth-order valence-corrected chi connectivity index (χ4v) is 2.29. The molecule has 1 aromatic rings. The predicted molar refractivity (Wildman–Crippen MR) is 61.7 cm³/mol. The molecule has 0 atom stereocenters. The summed E-state index contributed by atoms with van der Waals surface area (Å²) >= 11 is 7.10. The normalized spacial score (nSPS) is 11.9. The maximum Gasteiger partial charge on any atom is 0.208 e. The maximum absolute atomic E-state index is 10.7. The molecule has 0 bridgehead atoms. The van der Waals surface area contributed by atoms with Crippen LogP contribution in [0.1, 0.15) is 5.01 Å². The number of sulfonamides is 1. The van der Waals surface area contributed by atoms with Crippen molar-refractivity contribution in [1.82, 2.24) is 15.0 Å². The molecule has 0 radical (unpaired) electrons. The average molecular weight is 270 g/mol. The van der Waals surface area contributed by atoms with Crippen LogP contribution in [0.15, 0.2) is 6.20 Å². The first-order chi connectivity index (χ1) is 6.97. The van der Waals surface area contributed by atoms with Crippen molar-refractivity contribution in [3.63, 3.8) is 0 Å². The van der Waals surface area contributed by atoms with Crippen molar-refractivity contribution in [3.05, 3.63) is 15.5 Å². The second-order valence-electron chi connectivity index (χ2n) is 2.90. The highest BCUT2D eigenvalue weighted by atomic mass is 35.5. The van der Waals surface area contributed by atoms with Crippen LogP contribution in [0, 0.1) is 0 Å². The second kappa shape index (κ2) is 5.76. The Morgan fingerprint density at radius 3 is 2.80 bits per heavy atom. The molecule has 15 heavy (non-hydrogen) atoms. The molecule has 0 aromatic carbocycles. The first kappa shape index (κ1) is 12.9. The van der Waals surface area contributed by atoms with Gasteiger partial charge in [0.15, 0.2) is 0 Å². The molecule has 0 aliphatic rings. The van der Waals surface area contributed by atoms with Crippen molar-refractivity contribution in [2.45, 2.75) is 6.54 Å². The summed E-state index contributed by atoms with van der Waals surface area (Å²) in [6.45, 7) is 1.53. The number of halogens is 1. The van der Waals surface area contributed by atoms with Gasteiger partial charge in [0.25, 0.3) is 0 Å². The smallest absolute Gasteiger partial charge is 0.208 e. The monoisotopic (exact) mass is 269 g/mol. The zero-order valence-corrected chi connectivity index (χ0v) is 10.5. The van der Waals surface area contributed by atoms with Crippen LogP contribution >= 0.6 is 22.9 Å². The number of nitrogens with zero attached hydrogens (tertiary/aromatic N) is 1. The fraction of sp³-hybridized carbons (Fsp3) is 0.571. The molecule has 86 valence electrons. The Bertz CT molecular complexity index is 404. The highest BCUT2D eigenvalue weighted by Crippen LogP contribution is 2.17. The Balaban J connectivity index is 2.12. The molecule has 2 N–H and O–H groups in total. The summed E-state index contributed by atoms with van der Waals surface area (Å²) in [6, 6.07) is 0. The lowest BCUT2D eigenvalue weighted by Gasteiger charge is -2.02. The molecule has 1 aromatic heterocycles. The van der Waals surface area contributed by atoms with Gasteiger partial charge in [-0.2, -0.15) is 0 Å². The molecule has 0 aliphatic heterocycles. The standard InChI is InChI=1S/C7H12ClN3O2S2/c1-15(12,13)11-3-2-9-5-7-10-4-6(8)14-7/h4,9,11H,2-3,5H2,1H3. The first-order valence-corrected chi connectivity index (χ1v) is 7.31. The van der Waals surface area contributed by atoms with Gasteiger partial charge in [-0.15, -0.1) is 11.3 Å². The van der Waals surface area contributed by atoms with Crippen molar-refractivity contribution < 1.29 is 8.42 Å². The quantitative estimate of drug-likeness (QED) is 0.735. The molecular weight excluding hydrogens is 258 g/mol. The largest absolute Gasteiger partial charge is 0.309 e. The van der Waals surface area contributed by atoms with Crippen LogP contribution < -0.4 is 10.0 Å². The van der Waals surface area contributed by atoms with E-state index in [1.165, 1.54) is 11.3 Å². The topological polar surface area (TPSA) is 71.1 Å². The number of rotatable bonds is 6. The van der Waals surface area contributed by atoms with E-state index in [-0.39, 0.29) is 0 Å². The number of aromatic nitrogens is 1. The molecule has 0 aliphatic carbocycles. The van der Waals surface area contributed by atoms with E-state index in [0.717, 1.165) is 11.3 Å². The maximum atomic E-state index is 10.7. The summed E-state index contributed by atoms with van der Waals surface area (Å²) in [5.41, 5.74) is 0. The summed E-state index contributed by atoms with van der Waals surface area (Å²) in [7, 11) is -3.09. The van der Waals surface area contributed by atoms with Gasteiger partial charge in [0.1, 0.15) is 9.34 Å². The molecular formula is C7H12ClN3O2S2. The van der Waals surface area contributed by atoms with Gasteiger partial charge in [-0.1, -0.05) is 11.6 Å². The second-order valence-corrected chi connectivity index (χ2v) is 6.48. The van der Waals surface area contributed by atoms with Gasteiger partial charge in [-0.25, -0.2) is 18.1 Å². The van der Waals surface area contributed by atoms with Gasteiger partial charge in [0.2, 0.25) is 10.0 Å². The lowest BCUT2D eigenvalue weighted by molar-refractivity contribution is 0.581. The van der Waals surface area contributed by atoms with Crippen LogP contribution in [0.2, 0.25) is 4.34 Å². The summed E-state index contributed by atoms with van der Waals surface area (Å²) in [6.07, 6.45) is 2.73. The zero-order chi connectivity index (χ0) is 11.3. The number of nitrogens with one attached hydrogen (secondary N) is 2. The number of thiazole rings is 1. The van der Waals surface area contributed by atoms with Crippen LogP contribution in [-0.4, -0.2) is 32.7 Å². The lowest BCUT2D eigenvalue weighted by atomic mass is 10.6. The number of hydrogen-bond acceptors (Lipinski definition) is 5. The molecule has 0 amide bonds. The highest BCUT2D eigenvalue weighted by molar-refractivity contribution is 7.88. The summed E-state index contributed by atoms with van der Waals surface area (Å²) < 4.78 is 24.4. The molecule has 0 saturated heterocycles. The number of hydrogen-bond donors (Lipinski definition) is 2. The van der Waals surface area contributed by atoms with E-state index in [2.05, 4.69) is 15.0 Å². The van der Waals surface area contributed by atoms with E-state index >= 15 is 0 Å². The minimum atomic E-state index is -3.09. The van der Waals surface area contributed by atoms with Crippen molar-refractivity contribution in [1.29, 1.82) is 0 Å². The minimum Gasteiger partial charge on any atom is -0.309 e. The van der Waals surface area contributed by atoms with Gasteiger partial charge >= 0.3 is 0 Å².